The van der Waals surface area contributed by atoms with Gasteiger partial charge in [-0.05, 0) is 43.9 Å². The maximum Gasteiger partial charge on any atom is 0.0685 e. The summed E-state index contributed by atoms with van der Waals surface area (Å²) < 4.78 is 0. The van der Waals surface area contributed by atoms with Crippen molar-refractivity contribution in [2.75, 3.05) is 0 Å². The molecule has 14 heavy (non-hydrogen) atoms. The van der Waals surface area contributed by atoms with Gasteiger partial charge in [-0.1, -0.05) is 26.0 Å². The van der Waals surface area contributed by atoms with E-state index in [0.29, 0.717) is 0 Å². The molecule has 0 bridgehead atoms. The van der Waals surface area contributed by atoms with Crippen LogP contribution in [0.4, 0.5) is 0 Å². The SMILES string of the molecule is C=C(C)c1nc(CCCC)ccc1C. The zero-order chi connectivity index (χ0) is 10.6. The van der Waals surface area contributed by atoms with Gasteiger partial charge >= 0.3 is 0 Å². The minimum Gasteiger partial charge on any atom is -0.253 e. The third-order valence-corrected chi connectivity index (χ3v) is 2.35. The molecule has 1 nitrogen and oxygen atoms in total. The molecule has 0 spiro atoms. The first kappa shape index (κ1) is 11.0. The van der Waals surface area contributed by atoms with Crippen LogP contribution in [0.25, 0.3) is 5.57 Å². The van der Waals surface area contributed by atoms with Gasteiger partial charge in [-0.25, -0.2) is 0 Å². The van der Waals surface area contributed by atoms with E-state index < -0.39 is 0 Å². The minimum atomic E-state index is 1.06. The highest BCUT2D eigenvalue weighted by Crippen LogP contribution is 2.15. The van der Waals surface area contributed by atoms with Gasteiger partial charge < -0.3 is 0 Å². The predicted octanol–water partition coefficient (Wildman–Crippen LogP) is 3.77. The summed E-state index contributed by atoms with van der Waals surface area (Å²) in [4.78, 5) is 4.61. The Hall–Kier alpha value is -1.11. The number of nitrogens with zero attached hydrogens (tertiary/aromatic N) is 1. The highest BCUT2D eigenvalue weighted by Gasteiger charge is 2.02. The normalized spacial score (nSPS) is 10.2. The number of rotatable bonds is 4. The molecule has 0 aliphatic rings. The molecule has 1 aromatic rings. The van der Waals surface area contributed by atoms with Crippen LogP contribution in [0, 0.1) is 6.92 Å². The molecule has 0 atom stereocenters. The van der Waals surface area contributed by atoms with Crippen molar-refractivity contribution < 1.29 is 0 Å². The van der Waals surface area contributed by atoms with Gasteiger partial charge in [0.15, 0.2) is 0 Å². The van der Waals surface area contributed by atoms with Crippen molar-refractivity contribution in [1.82, 2.24) is 4.98 Å². The Morgan fingerprint density at radius 3 is 2.71 bits per heavy atom. The van der Waals surface area contributed by atoms with E-state index in [0.717, 1.165) is 17.7 Å². The lowest BCUT2D eigenvalue weighted by Gasteiger charge is -2.06. The summed E-state index contributed by atoms with van der Waals surface area (Å²) in [5.41, 5.74) is 4.53. The average molecular weight is 189 g/mol. The fourth-order valence-corrected chi connectivity index (χ4v) is 1.50. The molecule has 0 saturated carbocycles. The van der Waals surface area contributed by atoms with E-state index in [9.17, 15) is 0 Å². The molecule has 1 heteroatoms. The van der Waals surface area contributed by atoms with E-state index in [1.54, 1.807) is 0 Å². The number of unbranched alkanes of at least 4 members (excludes halogenated alkanes) is 1. The first-order valence-electron chi connectivity index (χ1n) is 5.27. The van der Waals surface area contributed by atoms with E-state index >= 15 is 0 Å². The Morgan fingerprint density at radius 2 is 2.14 bits per heavy atom. The van der Waals surface area contributed by atoms with Crippen LogP contribution in [0.3, 0.4) is 0 Å². The van der Waals surface area contributed by atoms with E-state index in [-0.39, 0.29) is 0 Å². The standard InChI is InChI=1S/C13H19N/c1-5-6-7-12-9-8-11(4)13(14-12)10(2)3/h8-9H,2,5-7H2,1,3-4H3. The predicted molar refractivity (Wildman–Crippen MR) is 62.3 cm³/mol. The molecule has 0 amide bonds. The van der Waals surface area contributed by atoms with Crippen LogP contribution < -0.4 is 0 Å². The van der Waals surface area contributed by atoms with Crippen molar-refractivity contribution >= 4 is 5.57 Å². The smallest absolute Gasteiger partial charge is 0.0685 e. The second-order valence-corrected chi connectivity index (χ2v) is 3.85. The van der Waals surface area contributed by atoms with Crippen molar-refractivity contribution in [3.05, 3.63) is 35.7 Å². The monoisotopic (exact) mass is 189 g/mol. The lowest BCUT2D eigenvalue weighted by Crippen LogP contribution is -1.96. The summed E-state index contributed by atoms with van der Waals surface area (Å²) in [5.74, 6) is 0. The Labute approximate surface area is 86.9 Å². The zero-order valence-corrected chi connectivity index (χ0v) is 9.43. The second-order valence-electron chi connectivity index (χ2n) is 3.85. The molecule has 76 valence electrons. The molecule has 0 aliphatic carbocycles. The van der Waals surface area contributed by atoms with Gasteiger partial charge in [0.1, 0.15) is 0 Å². The molecule has 0 aromatic carbocycles. The van der Waals surface area contributed by atoms with Gasteiger partial charge in [-0.3, -0.25) is 4.98 Å². The molecule has 0 aliphatic heterocycles. The van der Waals surface area contributed by atoms with Gasteiger partial charge in [0, 0.05) is 5.69 Å². The van der Waals surface area contributed by atoms with Crippen LogP contribution in [0.1, 0.15) is 43.6 Å². The van der Waals surface area contributed by atoms with Crippen LogP contribution in [-0.4, -0.2) is 4.98 Å². The second kappa shape index (κ2) is 4.94. The van der Waals surface area contributed by atoms with Gasteiger partial charge in [0.25, 0.3) is 0 Å². The number of allylic oxidation sites excluding steroid dienone is 1. The van der Waals surface area contributed by atoms with Crippen LogP contribution >= 0.6 is 0 Å². The molecule has 0 radical (unpaired) electrons. The van der Waals surface area contributed by atoms with Crippen molar-refractivity contribution in [2.24, 2.45) is 0 Å². The third-order valence-electron chi connectivity index (χ3n) is 2.35. The molecule has 1 rings (SSSR count). The number of pyridine rings is 1. The Kier molecular flexibility index (Phi) is 3.87. The maximum absolute atomic E-state index is 4.61. The quantitative estimate of drug-likeness (QED) is 0.702. The molecular formula is C13H19N. The minimum absolute atomic E-state index is 1.06. The van der Waals surface area contributed by atoms with Gasteiger partial charge in [0.2, 0.25) is 0 Å². The van der Waals surface area contributed by atoms with Crippen molar-refractivity contribution in [3.63, 3.8) is 0 Å². The number of hydrogen-bond acceptors (Lipinski definition) is 1. The summed E-state index contributed by atoms with van der Waals surface area (Å²) in [7, 11) is 0. The summed E-state index contributed by atoms with van der Waals surface area (Å²) in [6.07, 6.45) is 3.51. The summed E-state index contributed by atoms with van der Waals surface area (Å²) in [6.45, 7) is 10.2. The molecule has 1 heterocycles. The van der Waals surface area contributed by atoms with Crippen molar-refractivity contribution in [3.8, 4) is 0 Å². The largest absolute Gasteiger partial charge is 0.253 e. The van der Waals surface area contributed by atoms with Gasteiger partial charge in [-0.15, -0.1) is 0 Å². The fourth-order valence-electron chi connectivity index (χ4n) is 1.50. The van der Waals surface area contributed by atoms with Gasteiger partial charge in [0.05, 0.1) is 5.69 Å². The Bertz CT molecular complexity index is 326. The molecule has 0 fully saturated rings. The van der Waals surface area contributed by atoms with Crippen LogP contribution in [0.15, 0.2) is 18.7 Å². The Morgan fingerprint density at radius 1 is 1.43 bits per heavy atom. The maximum atomic E-state index is 4.61. The summed E-state index contributed by atoms with van der Waals surface area (Å²) in [5, 5.41) is 0. The van der Waals surface area contributed by atoms with E-state index in [1.807, 2.05) is 6.92 Å². The highest BCUT2D eigenvalue weighted by atomic mass is 14.7. The van der Waals surface area contributed by atoms with Crippen molar-refractivity contribution in [2.45, 2.75) is 40.0 Å². The fraction of sp³-hybridized carbons (Fsp3) is 0.462. The molecule has 0 saturated heterocycles. The van der Waals surface area contributed by atoms with Crippen LogP contribution in [-0.2, 0) is 6.42 Å². The number of aryl methyl sites for hydroxylation is 2. The van der Waals surface area contributed by atoms with Crippen LogP contribution in [0.5, 0.6) is 0 Å². The summed E-state index contributed by atoms with van der Waals surface area (Å²) >= 11 is 0. The summed E-state index contributed by atoms with van der Waals surface area (Å²) in [6, 6.07) is 4.26. The number of aromatic nitrogens is 1. The highest BCUT2D eigenvalue weighted by molar-refractivity contribution is 5.60. The third kappa shape index (κ3) is 2.69. The molecular weight excluding hydrogens is 170 g/mol. The molecule has 1 aromatic heterocycles. The van der Waals surface area contributed by atoms with Crippen LogP contribution in [0.2, 0.25) is 0 Å². The molecule has 0 N–H and O–H groups in total. The van der Waals surface area contributed by atoms with E-state index in [2.05, 4.69) is 37.5 Å². The van der Waals surface area contributed by atoms with Gasteiger partial charge in [-0.2, -0.15) is 0 Å². The van der Waals surface area contributed by atoms with E-state index in [1.165, 1.54) is 24.1 Å². The Balaban J connectivity index is 2.89. The zero-order valence-electron chi connectivity index (χ0n) is 9.43. The lowest BCUT2D eigenvalue weighted by molar-refractivity contribution is 0.775. The van der Waals surface area contributed by atoms with E-state index in [4.69, 9.17) is 0 Å². The first-order chi connectivity index (χ1) is 6.65. The lowest BCUT2D eigenvalue weighted by atomic mass is 10.1. The average Bonchev–Trinajstić information content (AvgIpc) is 2.16. The topological polar surface area (TPSA) is 12.9 Å². The first-order valence-corrected chi connectivity index (χ1v) is 5.27. The van der Waals surface area contributed by atoms with Crippen molar-refractivity contribution in [1.29, 1.82) is 0 Å². The number of hydrogen-bond donors (Lipinski definition) is 0. The molecule has 0 unspecified atom stereocenters.